The summed E-state index contributed by atoms with van der Waals surface area (Å²) in [6.07, 6.45) is 1.07. The van der Waals surface area contributed by atoms with Gasteiger partial charge in [-0.3, -0.25) is 0 Å². The Balaban J connectivity index is 2.39. The molecule has 2 rings (SSSR count). The average molecular weight is 195 g/mol. The van der Waals surface area contributed by atoms with Crippen LogP contribution in [0.5, 0.6) is 5.75 Å². The first-order valence-corrected chi connectivity index (χ1v) is 5.36. The van der Waals surface area contributed by atoms with Crippen molar-refractivity contribution in [2.24, 2.45) is 5.73 Å². The molecule has 70 valence electrons. The van der Waals surface area contributed by atoms with E-state index in [0.29, 0.717) is 0 Å². The lowest BCUT2D eigenvalue weighted by Gasteiger charge is -2.21. The molecule has 0 radical (unpaired) electrons. The van der Waals surface area contributed by atoms with Crippen molar-refractivity contribution in [3.8, 4) is 5.75 Å². The fourth-order valence-corrected chi connectivity index (χ4v) is 2.70. The average Bonchev–Trinajstić information content (AvgIpc) is 2.18. The van der Waals surface area contributed by atoms with E-state index in [0.717, 1.165) is 17.9 Å². The van der Waals surface area contributed by atoms with Crippen LogP contribution in [0.25, 0.3) is 0 Å². The number of nitrogens with two attached hydrogens (primary N) is 1. The lowest BCUT2D eigenvalue weighted by atomic mass is 10.0. The summed E-state index contributed by atoms with van der Waals surface area (Å²) in [6, 6.07) is 6.33. The van der Waals surface area contributed by atoms with Gasteiger partial charge in [-0.1, -0.05) is 6.07 Å². The second-order valence-corrected chi connectivity index (χ2v) is 4.28. The summed E-state index contributed by atoms with van der Waals surface area (Å²) in [6.45, 7) is 0. The van der Waals surface area contributed by atoms with Gasteiger partial charge in [0.15, 0.2) is 0 Å². The molecule has 0 saturated heterocycles. The van der Waals surface area contributed by atoms with Crippen molar-refractivity contribution >= 4 is 11.8 Å². The van der Waals surface area contributed by atoms with E-state index >= 15 is 0 Å². The second-order valence-electron chi connectivity index (χ2n) is 3.15. The normalized spacial score (nSPS) is 20.9. The molecule has 0 amide bonds. The quantitative estimate of drug-likeness (QED) is 0.746. The molecular formula is C10H13NOS. The summed E-state index contributed by atoms with van der Waals surface area (Å²) in [7, 11) is 1.69. The molecule has 1 atom stereocenters. The molecule has 0 spiro atoms. The summed E-state index contributed by atoms with van der Waals surface area (Å²) in [5.41, 5.74) is 7.24. The number of fused-ring (bicyclic) bond motifs is 1. The van der Waals surface area contributed by atoms with E-state index < -0.39 is 0 Å². The molecule has 1 unspecified atom stereocenters. The third-order valence-corrected chi connectivity index (χ3v) is 3.41. The van der Waals surface area contributed by atoms with Crippen molar-refractivity contribution in [3.63, 3.8) is 0 Å². The van der Waals surface area contributed by atoms with E-state index in [2.05, 4.69) is 12.1 Å². The van der Waals surface area contributed by atoms with E-state index in [1.807, 2.05) is 17.8 Å². The Morgan fingerprint density at radius 1 is 1.54 bits per heavy atom. The third kappa shape index (κ3) is 1.67. The number of hydrogen-bond donors (Lipinski definition) is 1. The Hall–Kier alpha value is -0.670. The van der Waals surface area contributed by atoms with Gasteiger partial charge in [-0.05, 0) is 29.9 Å². The lowest BCUT2D eigenvalue weighted by Crippen LogP contribution is -2.15. The summed E-state index contributed by atoms with van der Waals surface area (Å²) in [5.74, 6) is 2.03. The standard InChI is InChI=1S/C10H13NOS/c1-12-7-2-3-8-9(11)4-5-13-10(8)6-7/h2-3,6,9H,4-5,11H2,1H3. The first kappa shape index (κ1) is 8.91. The van der Waals surface area contributed by atoms with Gasteiger partial charge in [0.05, 0.1) is 7.11 Å². The van der Waals surface area contributed by atoms with Crippen LogP contribution in [0.2, 0.25) is 0 Å². The van der Waals surface area contributed by atoms with Crippen molar-refractivity contribution in [3.05, 3.63) is 23.8 Å². The third-order valence-electron chi connectivity index (χ3n) is 2.31. The van der Waals surface area contributed by atoms with E-state index in [4.69, 9.17) is 10.5 Å². The molecule has 1 aliphatic heterocycles. The summed E-state index contributed by atoms with van der Waals surface area (Å²) >= 11 is 1.86. The van der Waals surface area contributed by atoms with Crippen LogP contribution in [0.1, 0.15) is 18.0 Å². The van der Waals surface area contributed by atoms with Crippen molar-refractivity contribution in [1.82, 2.24) is 0 Å². The minimum atomic E-state index is 0.210. The molecule has 2 nitrogen and oxygen atoms in total. The molecule has 1 heterocycles. The molecule has 0 fully saturated rings. The Bertz CT molecular complexity index is 314. The zero-order valence-corrected chi connectivity index (χ0v) is 8.43. The SMILES string of the molecule is COc1ccc2c(c1)SCCC2N. The highest BCUT2D eigenvalue weighted by Gasteiger charge is 2.17. The van der Waals surface area contributed by atoms with Gasteiger partial charge in [-0.15, -0.1) is 11.8 Å². The zero-order valence-electron chi connectivity index (χ0n) is 7.62. The fourth-order valence-electron chi connectivity index (χ4n) is 1.52. The van der Waals surface area contributed by atoms with Crippen LogP contribution in [0.3, 0.4) is 0 Å². The van der Waals surface area contributed by atoms with Crippen molar-refractivity contribution in [2.45, 2.75) is 17.4 Å². The molecule has 13 heavy (non-hydrogen) atoms. The van der Waals surface area contributed by atoms with Crippen LogP contribution in [0.4, 0.5) is 0 Å². The number of thioether (sulfide) groups is 1. The highest BCUT2D eigenvalue weighted by Crippen LogP contribution is 2.36. The van der Waals surface area contributed by atoms with E-state index in [1.165, 1.54) is 10.5 Å². The molecule has 0 aliphatic carbocycles. The van der Waals surface area contributed by atoms with Crippen molar-refractivity contribution in [2.75, 3.05) is 12.9 Å². The van der Waals surface area contributed by atoms with Gasteiger partial charge in [0, 0.05) is 10.9 Å². The molecule has 2 N–H and O–H groups in total. The maximum Gasteiger partial charge on any atom is 0.119 e. The van der Waals surface area contributed by atoms with Gasteiger partial charge in [0.2, 0.25) is 0 Å². The number of ether oxygens (including phenoxy) is 1. The van der Waals surface area contributed by atoms with Crippen LogP contribution in [-0.2, 0) is 0 Å². The molecule has 0 bridgehead atoms. The molecule has 1 aromatic carbocycles. The smallest absolute Gasteiger partial charge is 0.119 e. The van der Waals surface area contributed by atoms with Gasteiger partial charge >= 0.3 is 0 Å². The molecule has 1 aliphatic rings. The van der Waals surface area contributed by atoms with Crippen LogP contribution in [0, 0.1) is 0 Å². The number of methoxy groups -OCH3 is 1. The minimum Gasteiger partial charge on any atom is -0.497 e. The first-order valence-electron chi connectivity index (χ1n) is 4.37. The fraction of sp³-hybridized carbons (Fsp3) is 0.400. The van der Waals surface area contributed by atoms with Crippen LogP contribution < -0.4 is 10.5 Å². The molecule has 1 aromatic rings. The number of rotatable bonds is 1. The van der Waals surface area contributed by atoms with Crippen LogP contribution in [-0.4, -0.2) is 12.9 Å². The van der Waals surface area contributed by atoms with E-state index in [-0.39, 0.29) is 6.04 Å². The van der Waals surface area contributed by atoms with Gasteiger partial charge in [-0.2, -0.15) is 0 Å². The zero-order chi connectivity index (χ0) is 9.26. The number of benzene rings is 1. The summed E-state index contributed by atoms with van der Waals surface area (Å²) in [4.78, 5) is 1.28. The molecular weight excluding hydrogens is 182 g/mol. The number of hydrogen-bond acceptors (Lipinski definition) is 3. The largest absolute Gasteiger partial charge is 0.497 e. The predicted octanol–water partition coefficient (Wildman–Crippen LogP) is 2.19. The van der Waals surface area contributed by atoms with Crippen molar-refractivity contribution < 1.29 is 4.74 Å². The van der Waals surface area contributed by atoms with E-state index in [1.54, 1.807) is 7.11 Å². The highest BCUT2D eigenvalue weighted by molar-refractivity contribution is 7.99. The Morgan fingerprint density at radius 2 is 2.38 bits per heavy atom. The highest BCUT2D eigenvalue weighted by atomic mass is 32.2. The minimum absolute atomic E-state index is 0.210. The van der Waals surface area contributed by atoms with Crippen LogP contribution in [0.15, 0.2) is 23.1 Å². The maximum absolute atomic E-state index is 5.98. The van der Waals surface area contributed by atoms with Gasteiger partial charge in [-0.25, -0.2) is 0 Å². The Kier molecular flexibility index (Phi) is 2.47. The topological polar surface area (TPSA) is 35.2 Å². The summed E-state index contributed by atoms with van der Waals surface area (Å²) < 4.78 is 5.16. The molecule has 3 heteroatoms. The maximum atomic E-state index is 5.98. The van der Waals surface area contributed by atoms with Gasteiger partial charge in [0.25, 0.3) is 0 Å². The van der Waals surface area contributed by atoms with Crippen LogP contribution >= 0.6 is 11.8 Å². The Morgan fingerprint density at radius 3 is 3.15 bits per heavy atom. The first-order chi connectivity index (χ1) is 6.31. The summed E-state index contributed by atoms with van der Waals surface area (Å²) in [5, 5.41) is 0. The van der Waals surface area contributed by atoms with E-state index in [9.17, 15) is 0 Å². The van der Waals surface area contributed by atoms with Gasteiger partial charge in [0.1, 0.15) is 5.75 Å². The predicted molar refractivity (Wildman–Crippen MR) is 55.3 cm³/mol. The van der Waals surface area contributed by atoms with Crippen molar-refractivity contribution in [1.29, 1.82) is 0 Å². The molecule has 0 saturated carbocycles. The lowest BCUT2D eigenvalue weighted by molar-refractivity contribution is 0.413. The second kappa shape index (κ2) is 3.60. The monoisotopic (exact) mass is 195 g/mol. The van der Waals surface area contributed by atoms with Gasteiger partial charge < -0.3 is 10.5 Å². The Labute approximate surface area is 82.5 Å². The molecule has 0 aromatic heterocycles.